The summed E-state index contributed by atoms with van der Waals surface area (Å²) in [7, 11) is 0. The van der Waals surface area contributed by atoms with Crippen molar-refractivity contribution in [2.45, 2.75) is 6.42 Å². The number of nitrogens with zero attached hydrogens (tertiary/aromatic N) is 2. The molecule has 0 spiro atoms. The maximum atomic E-state index is 3.89. The fourth-order valence-electron chi connectivity index (χ4n) is 2.80. The van der Waals surface area contributed by atoms with Crippen molar-refractivity contribution in [2.75, 3.05) is 0 Å². The summed E-state index contributed by atoms with van der Waals surface area (Å²) in [4.78, 5) is 0. The zero-order valence-corrected chi connectivity index (χ0v) is 12.8. The van der Waals surface area contributed by atoms with Crippen molar-refractivity contribution >= 4 is 21.7 Å². The van der Waals surface area contributed by atoms with Crippen molar-refractivity contribution in [3.8, 4) is 11.1 Å². The third-order valence-electron chi connectivity index (χ3n) is 3.86. The Morgan fingerprint density at radius 2 is 1.27 bits per heavy atom. The molecule has 1 aliphatic rings. The largest absolute Gasteiger partial charge is 0.138 e. The SMILES string of the molecule is c1ccc2c(c1)Cc1ccccc1-2.c1ccc2snnc2c1. The van der Waals surface area contributed by atoms with Gasteiger partial charge >= 0.3 is 0 Å². The minimum absolute atomic E-state index is 0.988. The Bertz CT molecular complexity index is 854. The molecule has 0 atom stereocenters. The van der Waals surface area contributed by atoms with Gasteiger partial charge in [-0.05, 0) is 52.3 Å². The van der Waals surface area contributed by atoms with Crippen LogP contribution in [-0.4, -0.2) is 9.59 Å². The van der Waals surface area contributed by atoms with Crippen LogP contribution in [0.5, 0.6) is 0 Å². The Balaban J connectivity index is 0.000000122. The van der Waals surface area contributed by atoms with E-state index in [1.807, 2.05) is 24.3 Å². The number of aromatic nitrogens is 2. The Morgan fingerprint density at radius 3 is 1.95 bits per heavy atom. The smallest absolute Gasteiger partial charge is 0.105 e. The van der Waals surface area contributed by atoms with E-state index in [-0.39, 0.29) is 0 Å². The average Bonchev–Trinajstić information content (AvgIpc) is 3.19. The molecule has 2 nitrogen and oxygen atoms in total. The molecular formula is C19H14N2S. The highest BCUT2D eigenvalue weighted by Gasteiger charge is 2.15. The normalized spacial score (nSPS) is 11.5. The quantitative estimate of drug-likeness (QED) is 0.404. The predicted molar refractivity (Wildman–Crippen MR) is 92.1 cm³/mol. The van der Waals surface area contributed by atoms with E-state index in [0.717, 1.165) is 16.6 Å². The van der Waals surface area contributed by atoms with Crippen LogP contribution in [0.25, 0.3) is 21.3 Å². The summed E-state index contributed by atoms with van der Waals surface area (Å²) < 4.78 is 4.94. The summed E-state index contributed by atoms with van der Waals surface area (Å²) in [5, 5.41) is 3.89. The molecule has 22 heavy (non-hydrogen) atoms. The molecule has 1 heterocycles. The van der Waals surface area contributed by atoms with Gasteiger partial charge in [-0.1, -0.05) is 65.2 Å². The van der Waals surface area contributed by atoms with Gasteiger partial charge in [-0.15, -0.1) is 5.10 Å². The van der Waals surface area contributed by atoms with E-state index in [9.17, 15) is 0 Å². The van der Waals surface area contributed by atoms with Crippen LogP contribution in [0.1, 0.15) is 11.1 Å². The summed E-state index contributed by atoms with van der Waals surface area (Å²) in [6.07, 6.45) is 1.10. The van der Waals surface area contributed by atoms with Gasteiger partial charge in [0, 0.05) is 0 Å². The molecule has 0 aliphatic heterocycles. The van der Waals surface area contributed by atoms with Crippen LogP contribution < -0.4 is 0 Å². The van der Waals surface area contributed by atoms with Gasteiger partial charge in [-0.3, -0.25) is 0 Å². The lowest BCUT2D eigenvalue weighted by atomic mass is 10.1. The highest BCUT2D eigenvalue weighted by atomic mass is 32.1. The number of rotatable bonds is 0. The third kappa shape index (κ3) is 2.40. The van der Waals surface area contributed by atoms with Crippen molar-refractivity contribution < 1.29 is 0 Å². The van der Waals surface area contributed by atoms with Gasteiger partial charge in [0.05, 0.1) is 4.70 Å². The van der Waals surface area contributed by atoms with Gasteiger partial charge in [-0.25, -0.2) is 0 Å². The van der Waals surface area contributed by atoms with Crippen LogP contribution in [0.4, 0.5) is 0 Å². The first-order chi connectivity index (χ1) is 10.9. The van der Waals surface area contributed by atoms with Crippen LogP contribution >= 0.6 is 11.5 Å². The monoisotopic (exact) mass is 302 g/mol. The fraction of sp³-hybridized carbons (Fsp3) is 0.0526. The lowest BCUT2D eigenvalue weighted by Gasteiger charge is -1.98. The van der Waals surface area contributed by atoms with E-state index in [2.05, 4.69) is 58.1 Å². The topological polar surface area (TPSA) is 25.8 Å². The minimum Gasteiger partial charge on any atom is -0.138 e. The van der Waals surface area contributed by atoms with Gasteiger partial charge in [0.1, 0.15) is 5.52 Å². The summed E-state index contributed by atoms with van der Waals surface area (Å²) >= 11 is 1.43. The molecule has 0 fully saturated rings. The highest BCUT2D eigenvalue weighted by Crippen LogP contribution is 2.35. The van der Waals surface area contributed by atoms with Crippen molar-refractivity contribution in [3.05, 3.63) is 83.9 Å². The van der Waals surface area contributed by atoms with Crippen LogP contribution in [0.15, 0.2) is 72.8 Å². The first kappa shape index (κ1) is 13.2. The molecule has 0 amide bonds. The van der Waals surface area contributed by atoms with Crippen LogP contribution in [-0.2, 0) is 6.42 Å². The second kappa shape index (κ2) is 5.70. The molecular weight excluding hydrogens is 288 g/mol. The molecule has 3 heteroatoms. The Hall–Kier alpha value is -2.52. The third-order valence-corrected chi connectivity index (χ3v) is 4.56. The maximum Gasteiger partial charge on any atom is 0.105 e. The molecule has 0 saturated carbocycles. The number of fused-ring (bicyclic) bond motifs is 4. The number of hydrogen-bond acceptors (Lipinski definition) is 3. The van der Waals surface area contributed by atoms with Gasteiger partial charge < -0.3 is 0 Å². The molecule has 0 saturated heterocycles. The number of benzene rings is 3. The van der Waals surface area contributed by atoms with E-state index in [4.69, 9.17) is 0 Å². The molecule has 106 valence electrons. The molecule has 0 N–H and O–H groups in total. The van der Waals surface area contributed by atoms with Crippen molar-refractivity contribution in [2.24, 2.45) is 0 Å². The van der Waals surface area contributed by atoms with Gasteiger partial charge in [0.15, 0.2) is 0 Å². The minimum atomic E-state index is 0.988. The number of hydrogen-bond donors (Lipinski definition) is 0. The van der Waals surface area contributed by atoms with E-state index in [0.29, 0.717) is 0 Å². The van der Waals surface area contributed by atoms with E-state index in [1.54, 1.807) is 0 Å². The van der Waals surface area contributed by atoms with Crippen molar-refractivity contribution in [1.82, 2.24) is 9.59 Å². The zero-order chi connectivity index (χ0) is 14.8. The molecule has 5 rings (SSSR count). The Kier molecular flexibility index (Phi) is 3.41. The second-order valence-electron chi connectivity index (χ2n) is 5.23. The Morgan fingerprint density at radius 1 is 0.682 bits per heavy atom. The summed E-state index contributed by atoms with van der Waals surface area (Å²) in [6.45, 7) is 0. The predicted octanol–water partition coefficient (Wildman–Crippen LogP) is 4.95. The fourth-order valence-corrected chi connectivity index (χ4v) is 3.36. The molecule has 0 bridgehead atoms. The van der Waals surface area contributed by atoms with Gasteiger partial charge in [0.25, 0.3) is 0 Å². The average molecular weight is 302 g/mol. The lowest BCUT2D eigenvalue weighted by Crippen LogP contribution is -1.77. The maximum absolute atomic E-state index is 3.89. The first-order valence-electron chi connectivity index (χ1n) is 7.25. The standard InChI is InChI=1S/C13H10.C6H4N2S/c1-3-7-12-10(5-1)9-11-6-2-4-8-13(11)12;1-2-4-6-5(3-1)7-8-9-6/h1-8H,9H2;1-4H. The van der Waals surface area contributed by atoms with E-state index < -0.39 is 0 Å². The lowest BCUT2D eigenvalue weighted by molar-refractivity contribution is 1.20. The molecule has 0 radical (unpaired) electrons. The van der Waals surface area contributed by atoms with Gasteiger partial charge in [0.2, 0.25) is 0 Å². The van der Waals surface area contributed by atoms with Crippen molar-refractivity contribution in [1.29, 1.82) is 0 Å². The summed E-state index contributed by atoms with van der Waals surface area (Å²) in [6, 6.07) is 25.2. The first-order valence-corrected chi connectivity index (χ1v) is 8.02. The second-order valence-corrected chi connectivity index (χ2v) is 6.02. The molecule has 1 aliphatic carbocycles. The van der Waals surface area contributed by atoms with Crippen LogP contribution in [0.2, 0.25) is 0 Å². The molecule has 1 aromatic heterocycles. The highest BCUT2D eigenvalue weighted by molar-refractivity contribution is 7.12. The molecule has 4 aromatic rings. The van der Waals surface area contributed by atoms with Crippen molar-refractivity contribution in [3.63, 3.8) is 0 Å². The van der Waals surface area contributed by atoms with Gasteiger partial charge in [-0.2, -0.15) is 0 Å². The zero-order valence-electron chi connectivity index (χ0n) is 11.9. The molecule has 3 aromatic carbocycles. The summed E-state index contributed by atoms with van der Waals surface area (Å²) in [5.74, 6) is 0. The summed E-state index contributed by atoms with van der Waals surface area (Å²) in [5.41, 5.74) is 6.74. The van der Waals surface area contributed by atoms with E-state index >= 15 is 0 Å². The Labute approximate surface area is 133 Å². The van der Waals surface area contributed by atoms with E-state index in [1.165, 1.54) is 33.8 Å². The van der Waals surface area contributed by atoms with Crippen LogP contribution in [0, 0.1) is 0 Å². The molecule has 0 unspecified atom stereocenters. The van der Waals surface area contributed by atoms with Crippen LogP contribution in [0.3, 0.4) is 0 Å².